The minimum Gasteiger partial charge on any atom is -0.385 e. The number of methoxy groups -OCH3 is 1. The molecule has 0 saturated carbocycles. The first-order chi connectivity index (χ1) is 12.2. The van der Waals surface area contributed by atoms with Crippen LogP contribution in [0.3, 0.4) is 0 Å². The normalized spacial score (nSPS) is 14.1. The van der Waals surface area contributed by atoms with Crippen LogP contribution >= 0.6 is 24.0 Å². The molecule has 0 aliphatic carbocycles. The molecule has 0 unspecified atom stereocenters. The molecule has 2 heterocycles. The van der Waals surface area contributed by atoms with Gasteiger partial charge in [-0.25, -0.2) is 4.99 Å². The van der Waals surface area contributed by atoms with Gasteiger partial charge in [0.1, 0.15) is 12.4 Å². The highest BCUT2D eigenvalue weighted by Gasteiger charge is 2.15. The molecule has 0 atom stereocenters. The van der Waals surface area contributed by atoms with Crippen LogP contribution in [0.25, 0.3) is 0 Å². The summed E-state index contributed by atoms with van der Waals surface area (Å²) in [6, 6.07) is 0. The number of hydrogen-bond acceptors (Lipinski definition) is 5. The van der Waals surface area contributed by atoms with E-state index < -0.39 is 0 Å². The topological polar surface area (TPSA) is 79.6 Å². The van der Waals surface area contributed by atoms with Gasteiger partial charge in [0, 0.05) is 52.9 Å². The summed E-state index contributed by atoms with van der Waals surface area (Å²) in [5.74, 6) is 2.90. The molecule has 8 nitrogen and oxygen atoms in total. The maximum atomic E-state index is 5.09. The average molecular weight is 479 g/mol. The number of ether oxygens (including phenoxy) is 1. The molecule has 2 N–H and O–H groups in total. The van der Waals surface area contributed by atoms with Gasteiger partial charge in [0.2, 0.25) is 0 Å². The molecule has 0 radical (unpaired) electrons. The van der Waals surface area contributed by atoms with Crippen molar-refractivity contribution in [2.45, 2.75) is 45.7 Å². The summed E-state index contributed by atoms with van der Waals surface area (Å²) in [7, 11) is 3.87. The largest absolute Gasteiger partial charge is 0.385 e. The minimum absolute atomic E-state index is 0. The van der Waals surface area contributed by atoms with Crippen molar-refractivity contribution in [3.63, 3.8) is 0 Å². The zero-order chi connectivity index (χ0) is 17.9. The number of aliphatic imine (C=N–C) groups is 1. The summed E-state index contributed by atoms with van der Waals surface area (Å²) in [5.41, 5.74) is 0. The predicted octanol–water partition coefficient (Wildman–Crippen LogP) is 1.26. The highest BCUT2D eigenvalue weighted by atomic mass is 127. The Morgan fingerprint density at radius 1 is 1.27 bits per heavy atom. The minimum atomic E-state index is 0. The molecule has 0 aromatic carbocycles. The van der Waals surface area contributed by atoms with Gasteiger partial charge in [-0.15, -0.1) is 34.2 Å². The van der Waals surface area contributed by atoms with E-state index in [0.29, 0.717) is 6.54 Å². The Morgan fingerprint density at radius 3 is 2.88 bits per heavy atom. The number of aryl methyl sites for hydroxylation is 1. The van der Waals surface area contributed by atoms with Gasteiger partial charge in [-0.1, -0.05) is 0 Å². The fourth-order valence-corrected chi connectivity index (χ4v) is 2.93. The maximum absolute atomic E-state index is 5.09. The van der Waals surface area contributed by atoms with Crippen LogP contribution in [-0.4, -0.2) is 72.6 Å². The summed E-state index contributed by atoms with van der Waals surface area (Å²) in [4.78, 5) is 6.97. The summed E-state index contributed by atoms with van der Waals surface area (Å²) < 4.78 is 7.31. The molecular weight excluding hydrogens is 445 g/mol. The molecule has 2 rings (SSSR count). The molecule has 0 amide bonds. The third-order valence-electron chi connectivity index (χ3n) is 4.33. The van der Waals surface area contributed by atoms with Crippen molar-refractivity contribution in [2.24, 2.45) is 4.99 Å². The molecule has 0 spiro atoms. The molecule has 9 heteroatoms. The predicted molar refractivity (Wildman–Crippen MR) is 115 cm³/mol. The van der Waals surface area contributed by atoms with Crippen LogP contribution in [0, 0.1) is 0 Å². The number of likely N-dealkylation sites (N-methyl/N-ethyl adjacent to an activating group) is 1. The Kier molecular flexibility index (Phi) is 11.8. The van der Waals surface area contributed by atoms with E-state index in [1.54, 1.807) is 7.11 Å². The number of hydrogen-bond donors (Lipinski definition) is 2. The van der Waals surface area contributed by atoms with Gasteiger partial charge < -0.3 is 24.8 Å². The van der Waals surface area contributed by atoms with Crippen LogP contribution < -0.4 is 10.6 Å². The van der Waals surface area contributed by atoms with E-state index in [2.05, 4.69) is 49.3 Å². The van der Waals surface area contributed by atoms with Crippen molar-refractivity contribution < 1.29 is 4.74 Å². The number of nitrogens with one attached hydrogen (secondary N) is 2. The molecule has 1 aromatic heterocycles. The molecule has 1 aromatic rings. The van der Waals surface area contributed by atoms with E-state index in [1.807, 2.05) is 0 Å². The van der Waals surface area contributed by atoms with Crippen molar-refractivity contribution in [1.82, 2.24) is 30.3 Å². The van der Waals surface area contributed by atoms with Crippen molar-refractivity contribution in [2.75, 3.05) is 46.9 Å². The number of guanidine groups is 1. The first kappa shape index (κ1) is 23.1. The summed E-state index contributed by atoms with van der Waals surface area (Å²) >= 11 is 0. The van der Waals surface area contributed by atoms with Gasteiger partial charge in [-0.2, -0.15) is 0 Å². The van der Waals surface area contributed by atoms with Crippen LogP contribution in [0.5, 0.6) is 0 Å². The second-order valence-corrected chi connectivity index (χ2v) is 6.41. The second kappa shape index (κ2) is 13.3. The van der Waals surface area contributed by atoms with E-state index in [4.69, 9.17) is 4.74 Å². The lowest BCUT2D eigenvalue weighted by Crippen LogP contribution is -2.41. The lowest BCUT2D eigenvalue weighted by molar-refractivity contribution is 0.180. The van der Waals surface area contributed by atoms with Crippen LogP contribution in [-0.2, 0) is 24.2 Å². The Bertz CT molecular complexity index is 535. The van der Waals surface area contributed by atoms with Gasteiger partial charge in [0.05, 0.1) is 0 Å². The van der Waals surface area contributed by atoms with Crippen LogP contribution in [0.1, 0.15) is 37.8 Å². The fourth-order valence-electron chi connectivity index (χ4n) is 2.93. The summed E-state index contributed by atoms with van der Waals surface area (Å²) in [6.07, 6.45) is 4.50. The zero-order valence-corrected chi connectivity index (χ0v) is 18.7. The van der Waals surface area contributed by atoms with E-state index in [1.165, 1.54) is 12.8 Å². The summed E-state index contributed by atoms with van der Waals surface area (Å²) in [6.45, 7) is 8.16. The zero-order valence-electron chi connectivity index (χ0n) is 16.3. The second-order valence-electron chi connectivity index (χ2n) is 6.41. The molecule has 0 fully saturated rings. The molecule has 0 saturated heterocycles. The fraction of sp³-hybridized carbons (Fsp3) is 0.824. The van der Waals surface area contributed by atoms with Crippen molar-refractivity contribution in [3.05, 3.63) is 11.6 Å². The SMILES string of the molecule is CCNC(=NCc1nnc2n1CCCC2)NCCN(C)CCCOC.I. The molecule has 150 valence electrons. The van der Waals surface area contributed by atoms with Gasteiger partial charge in [0.15, 0.2) is 11.8 Å². The van der Waals surface area contributed by atoms with Crippen LogP contribution in [0.2, 0.25) is 0 Å². The molecule has 0 bridgehead atoms. The number of nitrogens with zero attached hydrogens (tertiary/aromatic N) is 5. The van der Waals surface area contributed by atoms with Gasteiger partial charge in [-0.3, -0.25) is 0 Å². The first-order valence-electron chi connectivity index (χ1n) is 9.35. The van der Waals surface area contributed by atoms with Crippen molar-refractivity contribution in [1.29, 1.82) is 0 Å². The van der Waals surface area contributed by atoms with E-state index in [0.717, 1.165) is 69.8 Å². The Hall–Kier alpha value is -0.940. The van der Waals surface area contributed by atoms with E-state index >= 15 is 0 Å². The van der Waals surface area contributed by atoms with Crippen LogP contribution in [0.15, 0.2) is 4.99 Å². The van der Waals surface area contributed by atoms with E-state index in [9.17, 15) is 0 Å². The smallest absolute Gasteiger partial charge is 0.191 e. The van der Waals surface area contributed by atoms with E-state index in [-0.39, 0.29) is 24.0 Å². The quantitative estimate of drug-likeness (QED) is 0.228. The number of rotatable bonds is 10. The number of fused-ring (bicyclic) bond motifs is 1. The number of halogens is 1. The third kappa shape index (κ3) is 7.75. The monoisotopic (exact) mass is 479 g/mol. The Balaban J connectivity index is 0.00000338. The van der Waals surface area contributed by atoms with Crippen molar-refractivity contribution in [3.8, 4) is 0 Å². The van der Waals surface area contributed by atoms with Crippen LogP contribution in [0.4, 0.5) is 0 Å². The number of aromatic nitrogens is 3. The van der Waals surface area contributed by atoms with Gasteiger partial charge in [0.25, 0.3) is 0 Å². The first-order valence-corrected chi connectivity index (χ1v) is 9.35. The molecule has 26 heavy (non-hydrogen) atoms. The molecule has 1 aliphatic rings. The lowest BCUT2D eigenvalue weighted by atomic mass is 10.2. The molecular formula is C17H34IN7O. The van der Waals surface area contributed by atoms with Crippen molar-refractivity contribution >= 4 is 29.9 Å². The lowest BCUT2D eigenvalue weighted by Gasteiger charge is -2.18. The maximum Gasteiger partial charge on any atom is 0.191 e. The highest BCUT2D eigenvalue weighted by molar-refractivity contribution is 14.0. The highest BCUT2D eigenvalue weighted by Crippen LogP contribution is 2.14. The van der Waals surface area contributed by atoms with Gasteiger partial charge in [-0.05, 0) is 33.2 Å². The average Bonchev–Trinajstić information content (AvgIpc) is 3.03. The Morgan fingerprint density at radius 2 is 2.12 bits per heavy atom. The standard InChI is InChI=1S/C17H33N7O.HI/c1-4-18-17(19-9-12-23(2)10-7-13-25-3)20-14-16-22-21-15-8-5-6-11-24(15)16;/h4-14H2,1-3H3,(H2,18,19,20);1H. The third-order valence-corrected chi connectivity index (χ3v) is 4.33. The van der Waals surface area contributed by atoms with Gasteiger partial charge >= 0.3 is 0 Å². The molecule has 1 aliphatic heterocycles. The summed E-state index contributed by atoms with van der Waals surface area (Å²) in [5, 5.41) is 15.3. The Labute approximate surface area is 174 Å².